The Morgan fingerprint density at radius 1 is 1.53 bits per heavy atom. The SMILES string of the molecule is CC(C)(C)OC(=O)NCCC=Cc1cnc(=O)[nH]c1. The van der Waals surface area contributed by atoms with Crippen molar-refractivity contribution in [3.05, 3.63) is 34.5 Å². The Morgan fingerprint density at radius 3 is 2.84 bits per heavy atom. The van der Waals surface area contributed by atoms with Gasteiger partial charge in [0.05, 0.1) is 0 Å². The molecule has 0 aliphatic rings. The first kappa shape index (κ1) is 14.9. The Morgan fingerprint density at radius 2 is 2.26 bits per heavy atom. The van der Waals surface area contributed by atoms with Gasteiger partial charge in [0.2, 0.25) is 0 Å². The third-order valence-electron chi connectivity index (χ3n) is 1.98. The highest BCUT2D eigenvalue weighted by Crippen LogP contribution is 2.06. The molecule has 0 fully saturated rings. The number of hydrogen-bond donors (Lipinski definition) is 2. The molecule has 6 heteroatoms. The molecule has 0 saturated heterocycles. The molecule has 6 nitrogen and oxygen atoms in total. The quantitative estimate of drug-likeness (QED) is 0.811. The third-order valence-corrected chi connectivity index (χ3v) is 1.98. The molecular formula is C13H19N3O3. The molecule has 2 N–H and O–H groups in total. The molecule has 1 aromatic rings. The van der Waals surface area contributed by atoms with Crippen molar-refractivity contribution in [2.45, 2.75) is 32.8 Å². The second-order valence-corrected chi connectivity index (χ2v) is 4.97. The van der Waals surface area contributed by atoms with Gasteiger partial charge in [-0.3, -0.25) is 0 Å². The normalized spacial score (nSPS) is 11.5. The van der Waals surface area contributed by atoms with Gasteiger partial charge in [0.15, 0.2) is 0 Å². The Bertz CT molecular complexity index is 480. The predicted molar refractivity (Wildman–Crippen MR) is 72.7 cm³/mol. The van der Waals surface area contributed by atoms with Crippen LogP contribution in [-0.2, 0) is 4.74 Å². The first-order valence-corrected chi connectivity index (χ1v) is 6.05. The van der Waals surface area contributed by atoms with E-state index in [4.69, 9.17) is 4.74 Å². The van der Waals surface area contributed by atoms with E-state index in [1.807, 2.05) is 32.9 Å². The summed E-state index contributed by atoms with van der Waals surface area (Å²) in [6.45, 7) is 5.93. The first-order chi connectivity index (χ1) is 8.87. The zero-order chi connectivity index (χ0) is 14.3. The topological polar surface area (TPSA) is 84.1 Å². The van der Waals surface area contributed by atoms with E-state index in [2.05, 4.69) is 15.3 Å². The summed E-state index contributed by atoms with van der Waals surface area (Å²) in [5, 5.41) is 2.65. The van der Waals surface area contributed by atoms with Crippen LogP contribution in [-0.4, -0.2) is 28.2 Å². The molecule has 0 unspecified atom stereocenters. The number of hydrogen-bond acceptors (Lipinski definition) is 4. The summed E-state index contributed by atoms with van der Waals surface area (Å²) in [7, 11) is 0. The van der Waals surface area contributed by atoms with E-state index in [1.54, 1.807) is 6.20 Å². The lowest BCUT2D eigenvalue weighted by Gasteiger charge is -2.19. The molecular weight excluding hydrogens is 246 g/mol. The van der Waals surface area contributed by atoms with E-state index in [0.29, 0.717) is 13.0 Å². The number of carbonyl (C=O) groups is 1. The second-order valence-electron chi connectivity index (χ2n) is 4.97. The second kappa shape index (κ2) is 6.72. The average molecular weight is 265 g/mol. The number of alkyl carbamates (subject to hydrolysis) is 1. The summed E-state index contributed by atoms with van der Waals surface area (Å²) >= 11 is 0. The van der Waals surface area contributed by atoms with E-state index < -0.39 is 11.7 Å². The summed E-state index contributed by atoms with van der Waals surface area (Å²) in [5.41, 5.74) is -0.0535. The molecule has 1 aromatic heterocycles. The molecule has 104 valence electrons. The fourth-order valence-electron chi connectivity index (χ4n) is 1.24. The Labute approximate surface area is 111 Å². The number of H-pyrrole nitrogens is 1. The lowest BCUT2D eigenvalue weighted by molar-refractivity contribution is 0.0529. The van der Waals surface area contributed by atoms with Crippen molar-refractivity contribution >= 4 is 12.2 Å². The number of nitrogens with zero attached hydrogens (tertiary/aromatic N) is 1. The molecule has 0 aromatic carbocycles. The zero-order valence-electron chi connectivity index (χ0n) is 11.4. The highest BCUT2D eigenvalue weighted by Gasteiger charge is 2.14. The lowest BCUT2D eigenvalue weighted by Crippen LogP contribution is -2.32. The van der Waals surface area contributed by atoms with Crippen LogP contribution in [0.5, 0.6) is 0 Å². The summed E-state index contributed by atoms with van der Waals surface area (Å²) < 4.78 is 5.09. The monoisotopic (exact) mass is 265 g/mol. The fourth-order valence-corrected chi connectivity index (χ4v) is 1.24. The van der Waals surface area contributed by atoms with Crippen molar-refractivity contribution in [1.29, 1.82) is 0 Å². The summed E-state index contributed by atoms with van der Waals surface area (Å²) in [6.07, 6.45) is 7.00. The number of amides is 1. The number of carbonyl (C=O) groups excluding carboxylic acids is 1. The third kappa shape index (κ3) is 7.03. The number of rotatable bonds is 4. The van der Waals surface area contributed by atoms with Crippen LogP contribution in [0.15, 0.2) is 23.3 Å². The minimum atomic E-state index is -0.485. The van der Waals surface area contributed by atoms with Gasteiger partial charge >= 0.3 is 11.8 Å². The van der Waals surface area contributed by atoms with Crippen molar-refractivity contribution in [3.63, 3.8) is 0 Å². The highest BCUT2D eigenvalue weighted by atomic mass is 16.6. The lowest BCUT2D eigenvalue weighted by atomic mass is 10.2. The van der Waals surface area contributed by atoms with Gasteiger partial charge in [-0.2, -0.15) is 0 Å². The summed E-state index contributed by atoms with van der Waals surface area (Å²) in [4.78, 5) is 28.1. The van der Waals surface area contributed by atoms with Crippen LogP contribution in [0, 0.1) is 0 Å². The molecule has 0 bridgehead atoms. The molecule has 0 atom stereocenters. The van der Waals surface area contributed by atoms with Crippen molar-refractivity contribution in [2.24, 2.45) is 0 Å². The van der Waals surface area contributed by atoms with Crippen molar-refractivity contribution in [2.75, 3.05) is 6.54 Å². The average Bonchev–Trinajstić information content (AvgIpc) is 2.29. The van der Waals surface area contributed by atoms with Gasteiger partial charge in [-0.05, 0) is 27.2 Å². The van der Waals surface area contributed by atoms with Gasteiger partial charge in [-0.15, -0.1) is 0 Å². The molecule has 0 aliphatic heterocycles. The van der Waals surface area contributed by atoms with E-state index in [-0.39, 0.29) is 5.69 Å². The minimum Gasteiger partial charge on any atom is -0.444 e. The van der Waals surface area contributed by atoms with Crippen LogP contribution in [0.4, 0.5) is 4.79 Å². The summed E-state index contributed by atoms with van der Waals surface area (Å²) in [5.74, 6) is 0. The molecule has 1 amide bonds. The Kier molecular flexibility index (Phi) is 5.29. The Hall–Kier alpha value is -2.11. The van der Waals surface area contributed by atoms with Crippen LogP contribution < -0.4 is 11.0 Å². The van der Waals surface area contributed by atoms with Crippen LogP contribution >= 0.6 is 0 Å². The number of aromatic nitrogens is 2. The maximum Gasteiger partial charge on any atom is 0.407 e. The van der Waals surface area contributed by atoms with Gasteiger partial charge in [-0.1, -0.05) is 12.2 Å². The van der Waals surface area contributed by atoms with E-state index in [1.165, 1.54) is 6.20 Å². The number of nitrogens with one attached hydrogen (secondary N) is 2. The van der Waals surface area contributed by atoms with Gasteiger partial charge < -0.3 is 15.0 Å². The van der Waals surface area contributed by atoms with E-state index in [9.17, 15) is 9.59 Å². The fraction of sp³-hybridized carbons (Fsp3) is 0.462. The maximum absolute atomic E-state index is 11.3. The molecule has 0 saturated carbocycles. The first-order valence-electron chi connectivity index (χ1n) is 6.05. The molecule has 0 aliphatic carbocycles. The largest absolute Gasteiger partial charge is 0.444 e. The molecule has 1 rings (SSSR count). The van der Waals surface area contributed by atoms with Gasteiger partial charge in [0.25, 0.3) is 0 Å². The van der Waals surface area contributed by atoms with E-state index in [0.717, 1.165) is 5.56 Å². The molecule has 19 heavy (non-hydrogen) atoms. The number of aromatic amines is 1. The van der Waals surface area contributed by atoms with Gasteiger partial charge in [0, 0.05) is 24.5 Å². The van der Waals surface area contributed by atoms with E-state index >= 15 is 0 Å². The maximum atomic E-state index is 11.3. The van der Waals surface area contributed by atoms with Gasteiger partial charge in [0.1, 0.15) is 5.60 Å². The zero-order valence-corrected chi connectivity index (χ0v) is 11.4. The van der Waals surface area contributed by atoms with Crippen molar-refractivity contribution < 1.29 is 9.53 Å². The van der Waals surface area contributed by atoms with Crippen LogP contribution in [0.1, 0.15) is 32.8 Å². The molecule has 1 heterocycles. The van der Waals surface area contributed by atoms with Crippen LogP contribution in [0.2, 0.25) is 0 Å². The van der Waals surface area contributed by atoms with Crippen LogP contribution in [0.3, 0.4) is 0 Å². The standard InChI is InChI=1S/C13H19N3O3/c1-13(2,3)19-12(18)14-7-5-4-6-10-8-15-11(17)16-9-10/h4,6,8-9H,5,7H2,1-3H3,(H,14,18)(H,15,16,17). The van der Waals surface area contributed by atoms with Crippen LogP contribution in [0.25, 0.3) is 6.08 Å². The Balaban J connectivity index is 2.25. The molecule has 0 radical (unpaired) electrons. The van der Waals surface area contributed by atoms with Crippen molar-refractivity contribution in [3.8, 4) is 0 Å². The minimum absolute atomic E-state index is 0.372. The summed E-state index contributed by atoms with van der Waals surface area (Å²) in [6, 6.07) is 0. The highest BCUT2D eigenvalue weighted by molar-refractivity contribution is 5.67. The van der Waals surface area contributed by atoms with Crippen molar-refractivity contribution in [1.82, 2.24) is 15.3 Å². The van der Waals surface area contributed by atoms with Gasteiger partial charge in [-0.25, -0.2) is 14.6 Å². The molecule has 0 spiro atoms. The number of ether oxygens (including phenoxy) is 1. The predicted octanol–water partition coefficient (Wildman–Crippen LogP) is 1.70. The smallest absolute Gasteiger partial charge is 0.407 e.